The van der Waals surface area contributed by atoms with Crippen LogP contribution in [0, 0.1) is 0 Å². The van der Waals surface area contributed by atoms with Crippen LogP contribution in [0.5, 0.6) is 0 Å². The minimum absolute atomic E-state index is 0.0906. The standard InChI is InChI=1S/C10H14F3N3O3S/c1-7(2)15-6-8(5-14-15)20(17,18)16-3-4-19-9(16)10(11,12)13/h5-7,9H,3-4H2,1-2H3. The molecular formula is C10H14F3N3O3S. The number of nitrogens with zero attached hydrogens (tertiary/aromatic N) is 3. The molecule has 1 atom stereocenters. The van der Waals surface area contributed by atoms with E-state index in [9.17, 15) is 21.6 Å². The lowest BCUT2D eigenvalue weighted by Gasteiger charge is -2.23. The lowest BCUT2D eigenvalue weighted by molar-refractivity contribution is -0.228. The summed E-state index contributed by atoms with van der Waals surface area (Å²) in [7, 11) is -4.28. The number of aromatic nitrogens is 2. The molecule has 0 aromatic carbocycles. The summed E-state index contributed by atoms with van der Waals surface area (Å²) in [6.07, 6.45) is -4.94. The molecule has 1 aromatic rings. The van der Waals surface area contributed by atoms with E-state index < -0.39 is 22.4 Å². The molecule has 0 radical (unpaired) electrons. The minimum atomic E-state index is -4.77. The molecule has 1 aliphatic heterocycles. The first kappa shape index (κ1) is 15.3. The molecule has 0 bridgehead atoms. The summed E-state index contributed by atoms with van der Waals surface area (Å²) in [5.41, 5.74) is 0. The fourth-order valence-corrected chi connectivity index (χ4v) is 3.27. The van der Waals surface area contributed by atoms with Gasteiger partial charge in [-0.2, -0.15) is 22.6 Å². The molecule has 1 fully saturated rings. The van der Waals surface area contributed by atoms with Gasteiger partial charge in [0.15, 0.2) is 0 Å². The largest absolute Gasteiger partial charge is 0.429 e. The zero-order valence-corrected chi connectivity index (χ0v) is 11.6. The van der Waals surface area contributed by atoms with Gasteiger partial charge in [-0.15, -0.1) is 0 Å². The van der Waals surface area contributed by atoms with E-state index in [2.05, 4.69) is 9.84 Å². The molecule has 114 valence electrons. The maximum absolute atomic E-state index is 12.7. The summed E-state index contributed by atoms with van der Waals surface area (Å²) in [5.74, 6) is 0. The second-order valence-corrected chi connectivity index (χ2v) is 6.52. The summed E-state index contributed by atoms with van der Waals surface area (Å²) in [5, 5.41) is 3.83. The van der Waals surface area contributed by atoms with Gasteiger partial charge in [0.1, 0.15) is 4.90 Å². The minimum Gasteiger partial charge on any atom is -0.352 e. The molecule has 0 aliphatic carbocycles. The number of hydrogen-bond acceptors (Lipinski definition) is 4. The summed E-state index contributed by atoms with van der Waals surface area (Å²) in [6.45, 7) is 2.93. The first-order valence-corrected chi connectivity index (χ1v) is 7.32. The fourth-order valence-electron chi connectivity index (χ4n) is 1.83. The van der Waals surface area contributed by atoms with Crippen LogP contribution in [-0.4, -0.2) is 48.1 Å². The Morgan fingerprint density at radius 2 is 2.10 bits per heavy atom. The third kappa shape index (κ3) is 2.67. The lowest BCUT2D eigenvalue weighted by Crippen LogP contribution is -2.45. The van der Waals surface area contributed by atoms with Crippen LogP contribution in [0.3, 0.4) is 0 Å². The van der Waals surface area contributed by atoms with E-state index in [0.717, 1.165) is 6.20 Å². The van der Waals surface area contributed by atoms with Crippen LogP contribution in [0.4, 0.5) is 13.2 Å². The summed E-state index contributed by atoms with van der Waals surface area (Å²) >= 11 is 0. The van der Waals surface area contributed by atoms with Gasteiger partial charge in [0.25, 0.3) is 0 Å². The van der Waals surface area contributed by atoms with Crippen molar-refractivity contribution in [3.8, 4) is 0 Å². The smallest absolute Gasteiger partial charge is 0.352 e. The monoisotopic (exact) mass is 313 g/mol. The van der Waals surface area contributed by atoms with E-state index in [0.29, 0.717) is 4.31 Å². The highest BCUT2D eigenvalue weighted by Crippen LogP contribution is 2.32. The van der Waals surface area contributed by atoms with Crippen molar-refractivity contribution in [3.05, 3.63) is 12.4 Å². The van der Waals surface area contributed by atoms with Crippen LogP contribution in [0.2, 0.25) is 0 Å². The summed E-state index contributed by atoms with van der Waals surface area (Å²) < 4.78 is 68.8. The van der Waals surface area contributed by atoms with Crippen LogP contribution in [0.1, 0.15) is 19.9 Å². The first-order chi connectivity index (χ1) is 9.14. The summed E-state index contributed by atoms with van der Waals surface area (Å²) in [6, 6.07) is -0.0906. The number of halogens is 3. The van der Waals surface area contributed by atoms with Gasteiger partial charge < -0.3 is 4.74 Å². The topological polar surface area (TPSA) is 64.4 Å². The molecule has 1 unspecified atom stereocenters. The Hall–Kier alpha value is -1.13. The molecule has 1 saturated heterocycles. The number of sulfonamides is 1. The SMILES string of the molecule is CC(C)n1cc(S(=O)(=O)N2CCOC2C(F)(F)F)cn1. The predicted molar refractivity (Wildman–Crippen MR) is 62.3 cm³/mol. The first-order valence-electron chi connectivity index (χ1n) is 5.88. The Morgan fingerprint density at radius 3 is 2.60 bits per heavy atom. The van der Waals surface area contributed by atoms with Crippen LogP contribution in [-0.2, 0) is 14.8 Å². The molecule has 0 amide bonds. The summed E-state index contributed by atoms with van der Waals surface area (Å²) in [4.78, 5) is -0.272. The van der Waals surface area contributed by atoms with Crippen LogP contribution >= 0.6 is 0 Å². The molecule has 2 heterocycles. The Morgan fingerprint density at radius 1 is 1.45 bits per heavy atom. The van der Waals surface area contributed by atoms with Crippen molar-refractivity contribution in [3.63, 3.8) is 0 Å². The van der Waals surface area contributed by atoms with E-state index >= 15 is 0 Å². The molecule has 0 spiro atoms. The highest BCUT2D eigenvalue weighted by molar-refractivity contribution is 7.89. The van der Waals surface area contributed by atoms with E-state index in [-0.39, 0.29) is 24.1 Å². The molecule has 0 N–H and O–H groups in total. The zero-order chi connectivity index (χ0) is 15.1. The van der Waals surface area contributed by atoms with Gasteiger partial charge in [-0.25, -0.2) is 8.42 Å². The quantitative estimate of drug-likeness (QED) is 0.845. The second-order valence-electron chi connectivity index (χ2n) is 4.63. The van der Waals surface area contributed by atoms with Crippen molar-refractivity contribution in [2.45, 2.75) is 37.2 Å². The molecule has 2 rings (SSSR count). The normalized spacial score (nSPS) is 21.8. The number of alkyl halides is 3. The van der Waals surface area contributed by atoms with E-state index in [1.165, 1.54) is 10.9 Å². The predicted octanol–water partition coefficient (Wildman–Crippen LogP) is 1.37. The Bertz CT molecular complexity index is 582. The van der Waals surface area contributed by atoms with Crippen LogP contribution < -0.4 is 0 Å². The highest BCUT2D eigenvalue weighted by atomic mass is 32.2. The van der Waals surface area contributed by atoms with Crippen molar-refractivity contribution in [1.82, 2.24) is 14.1 Å². The van der Waals surface area contributed by atoms with Crippen molar-refractivity contribution >= 4 is 10.0 Å². The van der Waals surface area contributed by atoms with Gasteiger partial charge in [-0.3, -0.25) is 4.68 Å². The van der Waals surface area contributed by atoms with E-state index in [1.54, 1.807) is 13.8 Å². The van der Waals surface area contributed by atoms with Gasteiger partial charge in [-0.05, 0) is 13.8 Å². The van der Waals surface area contributed by atoms with E-state index in [4.69, 9.17) is 0 Å². The van der Waals surface area contributed by atoms with Gasteiger partial charge in [0.2, 0.25) is 16.3 Å². The molecular weight excluding hydrogens is 299 g/mol. The van der Waals surface area contributed by atoms with Gasteiger partial charge >= 0.3 is 6.18 Å². The molecule has 20 heavy (non-hydrogen) atoms. The Kier molecular flexibility index (Phi) is 3.82. The van der Waals surface area contributed by atoms with Crippen LogP contribution in [0.25, 0.3) is 0 Å². The second kappa shape index (κ2) is 5.01. The fraction of sp³-hybridized carbons (Fsp3) is 0.700. The van der Waals surface area contributed by atoms with Crippen LogP contribution in [0.15, 0.2) is 17.3 Å². The highest BCUT2D eigenvalue weighted by Gasteiger charge is 2.52. The van der Waals surface area contributed by atoms with Gasteiger partial charge in [0, 0.05) is 18.8 Å². The third-order valence-corrected chi connectivity index (χ3v) is 4.64. The average molecular weight is 313 g/mol. The number of hydrogen-bond donors (Lipinski definition) is 0. The maximum atomic E-state index is 12.7. The molecule has 1 aliphatic rings. The molecule has 0 saturated carbocycles. The Balaban J connectivity index is 2.34. The van der Waals surface area contributed by atoms with Crippen molar-refractivity contribution in [2.24, 2.45) is 0 Å². The maximum Gasteiger partial charge on any atom is 0.429 e. The Labute approximate surface area is 114 Å². The van der Waals surface area contributed by atoms with Crippen molar-refractivity contribution in [2.75, 3.05) is 13.2 Å². The van der Waals surface area contributed by atoms with Gasteiger partial charge in [0.05, 0.1) is 12.8 Å². The lowest BCUT2D eigenvalue weighted by atomic mass is 10.4. The van der Waals surface area contributed by atoms with E-state index in [1.807, 2.05) is 0 Å². The zero-order valence-electron chi connectivity index (χ0n) is 10.8. The third-order valence-electron chi connectivity index (χ3n) is 2.84. The number of rotatable bonds is 3. The number of ether oxygens (including phenoxy) is 1. The molecule has 1 aromatic heterocycles. The van der Waals surface area contributed by atoms with Crippen molar-refractivity contribution < 1.29 is 26.3 Å². The molecule has 6 nitrogen and oxygen atoms in total. The molecule has 10 heteroatoms. The van der Waals surface area contributed by atoms with Gasteiger partial charge in [-0.1, -0.05) is 0 Å². The average Bonchev–Trinajstić information content (AvgIpc) is 2.98. The van der Waals surface area contributed by atoms with Crippen molar-refractivity contribution in [1.29, 1.82) is 0 Å².